The Morgan fingerprint density at radius 1 is 1.06 bits per heavy atom. The van der Waals surface area contributed by atoms with Gasteiger partial charge in [-0.05, 0) is 62.9 Å². The minimum Gasteiger partial charge on any atom is -0.493 e. The normalized spacial score (nSPS) is 20.5. The highest BCUT2D eigenvalue weighted by Crippen LogP contribution is 2.40. The first-order chi connectivity index (χ1) is 16.0. The van der Waals surface area contributed by atoms with Gasteiger partial charge in [0.05, 0.1) is 34.5 Å². The predicted molar refractivity (Wildman–Crippen MR) is 125 cm³/mol. The van der Waals surface area contributed by atoms with Crippen LogP contribution in [0.2, 0.25) is 10.0 Å². The lowest BCUT2D eigenvalue weighted by Gasteiger charge is -2.17. The third kappa shape index (κ3) is 4.27. The number of hydrogen-bond donors (Lipinski definition) is 0. The van der Waals surface area contributed by atoms with E-state index >= 15 is 0 Å². The van der Waals surface area contributed by atoms with Gasteiger partial charge in [-0.15, -0.1) is 0 Å². The monoisotopic (exact) mass is 487 g/mol. The molecule has 33 heavy (non-hydrogen) atoms. The Balaban J connectivity index is 1.37. The summed E-state index contributed by atoms with van der Waals surface area (Å²) in [7, 11) is 1.64. The van der Waals surface area contributed by atoms with Gasteiger partial charge in [-0.1, -0.05) is 39.6 Å². The van der Waals surface area contributed by atoms with Crippen molar-refractivity contribution in [3.63, 3.8) is 0 Å². The zero-order valence-electron chi connectivity index (χ0n) is 18.3. The van der Waals surface area contributed by atoms with Gasteiger partial charge in [-0.3, -0.25) is 0 Å². The summed E-state index contributed by atoms with van der Waals surface area (Å²) in [6.45, 7) is 1.86. The quantitative estimate of drug-likeness (QED) is 0.399. The van der Waals surface area contributed by atoms with Gasteiger partial charge in [-0.25, -0.2) is 0 Å². The fraction of sp³-hybridized carbons (Fsp3) is 0.375. The van der Waals surface area contributed by atoms with Crippen molar-refractivity contribution in [3.05, 3.63) is 57.9 Å². The van der Waals surface area contributed by atoms with Gasteiger partial charge in [0.25, 0.3) is 5.89 Å². The fourth-order valence-corrected chi connectivity index (χ4v) is 4.76. The Hall–Kier alpha value is -2.77. The zero-order valence-corrected chi connectivity index (χ0v) is 19.8. The molecule has 1 aliphatic carbocycles. The van der Waals surface area contributed by atoms with E-state index in [0.29, 0.717) is 45.2 Å². The molecule has 1 aliphatic heterocycles. The molecule has 1 aromatic heterocycles. The number of ether oxygens (including phenoxy) is 2. The number of halogens is 2. The fourth-order valence-electron chi connectivity index (χ4n) is 4.19. The summed E-state index contributed by atoms with van der Waals surface area (Å²) in [5.41, 5.74) is 1.25. The lowest BCUT2D eigenvalue weighted by atomic mass is 9.95. The Morgan fingerprint density at radius 3 is 2.55 bits per heavy atom. The van der Waals surface area contributed by atoms with Gasteiger partial charge in [0, 0.05) is 12.0 Å². The Kier molecular flexibility index (Phi) is 5.93. The molecule has 5 rings (SSSR count). The Labute approximate surface area is 201 Å². The number of rotatable bonds is 6. The van der Waals surface area contributed by atoms with Crippen LogP contribution >= 0.6 is 23.2 Å². The van der Waals surface area contributed by atoms with Crippen molar-refractivity contribution >= 4 is 28.9 Å². The molecule has 2 aliphatic rings. The minimum absolute atomic E-state index is 0.217. The maximum atomic E-state index is 6.29. The largest absolute Gasteiger partial charge is 0.493 e. The SMILES string of the molecule is COc1ccc(C2=NOC(C)(c3nc(-c4c(Cl)cccc4Cl)no3)C2)cc1OC1CCCC1. The third-order valence-corrected chi connectivity index (χ3v) is 6.65. The van der Waals surface area contributed by atoms with Crippen molar-refractivity contribution in [2.45, 2.75) is 50.7 Å². The van der Waals surface area contributed by atoms with Crippen LogP contribution in [0, 0.1) is 0 Å². The smallest absolute Gasteiger partial charge is 0.274 e. The topological polar surface area (TPSA) is 79.0 Å². The molecule has 2 aromatic carbocycles. The second-order valence-electron chi connectivity index (χ2n) is 8.45. The van der Waals surface area contributed by atoms with E-state index in [1.165, 1.54) is 12.8 Å². The van der Waals surface area contributed by atoms with Crippen molar-refractivity contribution in [2.24, 2.45) is 5.16 Å². The average Bonchev–Trinajstić information content (AvgIpc) is 3.56. The molecule has 3 aromatic rings. The van der Waals surface area contributed by atoms with Crippen LogP contribution in [0.4, 0.5) is 0 Å². The molecule has 1 unspecified atom stereocenters. The first-order valence-corrected chi connectivity index (χ1v) is 11.6. The molecule has 2 heterocycles. The van der Waals surface area contributed by atoms with Gasteiger partial charge in [0.2, 0.25) is 11.4 Å². The van der Waals surface area contributed by atoms with Crippen molar-refractivity contribution in [3.8, 4) is 22.9 Å². The predicted octanol–water partition coefficient (Wildman–Crippen LogP) is 6.41. The lowest BCUT2D eigenvalue weighted by Crippen LogP contribution is -2.22. The maximum absolute atomic E-state index is 6.29. The summed E-state index contributed by atoms with van der Waals surface area (Å²) < 4.78 is 17.2. The standard InChI is InChI=1S/C24H23Cl2N3O4/c1-24(23-27-22(29-32-23)21-16(25)8-5-9-17(21)26)13-18(28-33-24)14-10-11-19(30-2)20(12-14)31-15-6-3-4-7-15/h5,8-12,15H,3-4,6-7,13H2,1-2H3. The highest BCUT2D eigenvalue weighted by molar-refractivity contribution is 6.38. The van der Waals surface area contributed by atoms with E-state index in [1.54, 1.807) is 25.3 Å². The molecule has 0 radical (unpaired) electrons. The first-order valence-electron chi connectivity index (χ1n) is 10.9. The first kappa shape index (κ1) is 22.0. The van der Waals surface area contributed by atoms with Crippen LogP contribution in [0.1, 0.15) is 50.5 Å². The number of benzene rings is 2. The van der Waals surface area contributed by atoms with E-state index in [0.717, 1.165) is 24.1 Å². The highest BCUT2D eigenvalue weighted by Gasteiger charge is 2.42. The van der Waals surface area contributed by atoms with Crippen LogP contribution in [0.5, 0.6) is 11.5 Å². The zero-order chi connectivity index (χ0) is 23.0. The summed E-state index contributed by atoms with van der Waals surface area (Å²) >= 11 is 12.6. The van der Waals surface area contributed by atoms with Crippen molar-refractivity contribution < 1.29 is 18.8 Å². The number of oxime groups is 1. The molecule has 7 nitrogen and oxygen atoms in total. The number of aromatic nitrogens is 2. The van der Waals surface area contributed by atoms with E-state index in [-0.39, 0.29) is 6.10 Å². The molecule has 172 valence electrons. The number of hydrogen-bond acceptors (Lipinski definition) is 7. The molecular weight excluding hydrogens is 465 g/mol. The van der Waals surface area contributed by atoms with Crippen LogP contribution in [-0.2, 0) is 10.4 Å². The van der Waals surface area contributed by atoms with Gasteiger partial charge >= 0.3 is 0 Å². The van der Waals surface area contributed by atoms with Crippen molar-refractivity contribution in [1.29, 1.82) is 0 Å². The van der Waals surface area contributed by atoms with Crippen LogP contribution < -0.4 is 9.47 Å². The van der Waals surface area contributed by atoms with Gasteiger partial charge in [-0.2, -0.15) is 4.98 Å². The lowest BCUT2D eigenvalue weighted by molar-refractivity contribution is -0.0313. The molecule has 1 atom stereocenters. The van der Waals surface area contributed by atoms with Crippen molar-refractivity contribution in [1.82, 2.24) is 10.1 Å². The number of nitrogens with zero attached hydrogens (tertiary/aromatic N) is 3. The minimum atomic E-state index is -0.916. The van der Waals surface area contributed by atoms with E-state index < -0.39 is 5.60 Å². The molecule has 0 amide bonds. The molecule has 1 saturated carbocycles. The average molecular weight is 488 g/mol. The van der Waals surface area contributed by atoms with Crippen LogP contribution in [0.15, 0.2) is 46.1 Å². The Morgan fingerprint density at radius 2 is 1.82 bits per heavy atom. The van der Waals surface area contributed by atoms with Crippen molar-refractivity contribution in [2.75, 3.05) is 7.11 Å². The third-order valence-electron chi connectivity index (χ3n) is 6.02. The molecule has 0 N–H and O–H groups in total. The van der Waals surface area contributed by atoms with E-state index in [1.807, 2.05) is 25.1 Å². The second-order valence-corrected chi connectivity index (χ2v) is 9.26. The van der Waals surface area contributed by atoms with Gasteiger partial charge in [0.15, 0.2) is 11.5 Å². The van der Waals surface area contributed by atoms with Gasteiger partial charge in [0.1, 0.15) is 0 Å². The van der Waals surface area contributed by atoms with Crippen LogP contribution in [-0.4, -0.2) is 29.1 Å². The molecule has 0 bridgehead atoms. The van der Waals surface area contributed by atoms with E-state index in [4.69, 9.17) is 42.0 Å². The molecular formula is C24H23Cl2N3O4. The van der Waals surface area contributed by atoms with Crippen LogP contribution in [0.3, 0.4) is 0 Å². The molecule has 1 fully saturated rings. The molecule has 9 heteroatoms. The second kappa shape index (κ2) is 8.88. The van der Waals surface area contributed by atoms with E-state index in [2.05, 4.69) is 15.3 Å². The van der Waals surface area contributed by atoms with Crippen LogP contribution in [0.25, 0.3) is 11.4 Å². The summed E-state index contributed by atoms with van der Waals surface area (Å²) in [4.78, 5) is 10.3. The summed E-state index contributed by atoms with van der Waals surface area (Å²) in [6, 6.07) is 11.0. The molecule has 0 spiro atoms. The highest BCUT2D eigenvalue weighted by atomic mass is 35.5. The van der Waals surface area contributed by atoms with Gasteiger partial charge < -0.3 is 18.8 Å². The summed E-state index contributed by atoms with van der Waals surface area (Å²) in [6.07, 6.45) is 5.16. The van der Waals surface area contributed by atoms with E-state index in [9.17, 15) is 0 Å². The Bertz CT molecular complexity index is 1190. The number of methoxy groups -OCH3 is 1. The summed E-state index contributed by atoms with van der Waals surface area (Å²) in [5.74, 6) is 2.01. The maximum Gasteiger partial charge on any atom is 0.274 e. The molecule has 0 saturated heterocycles. The summed E-state index contributed by atoms with van der Waals surface area (Å²) in [5, 5.41) is 9.27.